The molecule has 1 heterocycles. The van der Waals surface area contributed by atoms with Crippen molar-refractivity contribution in [3.05, 3.63) is 30.5 Å². The smallest absolute Gasteiger partial charge is 0.319 e. The largest absolute Gasteiger partial charge is 0.393 e. The summed E-state index contributed by atoms with van der Waals surface area (Å²) in [6, 6.07) is 7.68. The molecule has 1 aliphatic carbocycles. The highest BCUT2D eigenvalue weighted by atomic mass is 16.5. The summed E-state index contributed by atoms with van der Waals surface area (Å²) in [5.41, 5.74) is 1.88. The number of nitrogens with one attached hydrogen (secondary N) is 2. The lowest BCUT2D eigenvalue weighted by molar-refractivity contribution is 0.0712. The van der Waals surface area contributed by atoms with Crippen LogP contribution in [-0.4, -0.2) is 42.1 Å². The number of carbonyl (C=O) groups is 1. The van der Waals surface area contributed by atoms with Crippen molar-refractivity contribution < 1.29 is 14.6 Å². The Hall–Kier alpha value is -2.05. The van der Waals surface area contributed by atoms with Gasteiger partial charge in [-0.25, -0.2) is 4.79 Å². The van der Waals surface area contributed by atoms with Crippen molar-refractivity contribution in [3.8, 4) is 0 Å². The molecule has 0 bridgehead atoms. The van der Waals surface area contributed by atoms with Crippen molar-refractivity contribution in [2.45, 2.75) is 38.3 Å². The average molecular weight is 345 g/mol. The lowest BCUT2D eigenvalue weighted by Gasteiger charge is -2.27. The molecule has 0 aliphatic heterocycles. The molecule has 1 aromatic heterocycles. The van der Waals surface area contributed by atoms with Crippen LogP contribution >= 0.6 is 0 Å². The fourth-order valence-corrected chi connectivity index (χ4v) is 3.49. The first-order valence-electron chi connectivity index (χ1n) is 8.98. The van der Waals surface area contributed by atoms with Crippen LogP contribution in [0.3, 0.4) is 0 Å². The van der Waals surface area contributed by atoms with Gasteiger partial charge in [-0.1, -0.05) is 12.8 Å². The number of hydrogen-bond donors (Lipinski definition) is 3. The van der Waals surface area contributed by atoms with Crippen LogP contribution in [0.25, 0.3) is 10.9 Å². The third kappa shape index (κ3) is 4.52. The van der Waals surface area contributed by atoms with Crippen LogP contribution in [0.5, 0.6) is 0 Å². The fourth-order valence-electron chi connectivity index (χ4n) is 3.49. The summed E-state index contributed by atoms with van der Waals surface area (Å²) >= 11 is 0. The summed E-state index contributed by atoms with van der Waals surface area (Å²) < 4.78 is 7.25. The topological polar surface area (TPSA) is 75.5 Å². The quantitative estimate of drug-likeness (QED) is 0.753. The van der Waals surface area contributed by atoms with E-state index in [9.17, 15) is 9.90 Å². The molecule has 0 saturated heterocycles. The van der Waals surface area contributed by atoms with Crippen LogP contribution < -0.4 is 10.6 Å². The summed E-state index contributed by atoms with van der Waals surface area (Å²) in [4.78, 5) is 12.1. The van der Waals surface area contributed by atoms with Gasteiger partial charge in [-0.05, 0) is 37.1 Å². The second-order valence-electron chi connectivity index (χ2n) is 6.72. The molecule has 25 heavy (non-hydrogen) atoms. The van der Waals surface area contributed by atoms with Crippen molar-refractivity contribution in [2.24, 2.45) is 5.92 Å². The number of aromatic nitrogens is 1. The molecule has 6 nitrogen and oxygen atoms in total. The maximum Gasteiger partial charge on any atom is 0.319 e. The Labute approximate surface area is 148 Å². The molecule has 1 aliphatic rings. The zero-order chi connectivity index (χ0) is 17.6. The van der Waals surface area contributed by atoms with Crippen molar-refractivity contribution >= 4 is 22.6 Å². The van der Waals surface area contributed by atoms with E-state index < -0.39 is 0 Å². The predicted molar refractivity (Wildman–Crippen MR) is 98.8 cm³/mol. The van der Waals surface area contributed by atoms with Gasteiger partial charge in [-0.2, -0.15) is 0 Å². The van der Waals surface area contributed by atoms with Crippen LogP contribution in [0.2, 0.25) is 0 Å². The van der Waals surface area contributed by atoms with Crippen LogP contribution in [0.1, 0.15) is 25.7 Å². The van der Waals surface area contributed by atoms with E-state index in [1.165, 1.54) is 0 Å². The minimum Gasteiger partial charge on any atom is -0.393 e. The minimum absolute atomic E-state index is 0.164. The fraction of sp³-hybridized carbons (Fsp3) is 0.526. The Kier molecular flexibility index (Phi) is 5.94. The highest BCUT2D eigenvalue weighted by Gasteiger charge is 2.23. The molecular weight excluding hydrogens is 318 g/mol. The number of fused-ring (bicyclic) bond motifs is 1. The number of nitrogens with zero attached hydrogens (tertiary/aromatic N) is 1. The van der Waals surface area contributed by atoms with Gasteiger partial charge in [0.15, 0.2) is 0 Å². The van der Waals surface area contributed by atoms with E-state index in [1.54, 1.807) is 7.11 Å². The second-order valence-corrected chi connectivity index (χ2v) is 6.72. The molecule has 1 aromatic carbocycles. The maximum atomic E-state index is 12.1. The monoisotopic (exact) mass is 345 g/mol. The third-order valence-electron chi connectivity index (χ3n) is 4.96. The standard InChI is InChI=1S/C19H27N3O3/c1-25-11-10-22-9-8-14-12-16(6-7-17(14)22)21-19(24)20-13-15-4-2-3-5-18(15)23/h6-9,12,15,18,23H,2-5,10-11,13H2,1H3,(H2,20,21,24). The summed E-state index contributed by atoms with van der Waals surface area (Å²) in [6.07, 6.45) is 5.75. The number of anilines is 1. The molecule has 1 fully saturated rings. The molecule has 2 aromatic rings. The number of methoxy groups -OCH3 is 1. The van der Waals surface area contributed by atoms with Gasteiger partial charge in [0.2, 0.25) is 0 Å². The van der Waals surface area contributed by atoms with E-state index in [-0.39, 0.29) is 18.1 Å². The van der Waals surface area contributed by atoms with Crippen LogP contribution in [0, 0.1) is 5.92 Å². The van der Waals surface area contributed by atoms with Gasteiger partial charge in [0.25, 0.3) is 0 Å². The number of hydrogen-bond acceptors (Lipinski definition) is 3. The Balaban J connectivity index is 1.55. The molecule has 6 heteroatoms. The molecule has 0 spiro atoms. The van der Waals surface area contributed by atoms with Crippen molar-refractivity contribution in [3.63, 3.8) is 0 Å². The van der Waals surface area contributed by atoms with Gasteiger partial charge < -0.3 is 25.0 Å². The summed E-state index contributed by atoms with van der Waals surface area (Å²) in [5.74, 6) is 0.164. The first kappa shape index (κ1) is 17.8. The number of benzene rings is 1. The van der Waals surface area contributed by atoms with E-state index in [0.717, 1.165) is 48.8 Å². The number of rotatable bonds is 6. The van der Waals surface area contributed by atoms with E-state index in [4.69, 9.17) is 4.74 Å². The molecular formula is C19H27N3O3. The van der Waals surface area contributed by atoms with Crippen molar-refractivity contribution in [1.82, 2.24) is 9.88 Å². The molecule has 0 radical (unpaired) electrons. The van der Waals surface area contributed by atoms with Gasteiger partial charge in [0, 0.05) is 48.9 Å². The average Bonchev–Trinajstić information content (AvgIpc) is 3.01. The Bertz CT molecular complexity index is 713. The zero-order valence-corrected chi connectivity index (χ0v) is 14.7. The van der Waals surface area contributed by atoms with Gasteiger partial charge >= 0.3 is 6.03 Å². The highest BCUT2D eigenvalue weighted by molar-refractivity contribution is 5.92. The minimum atomic E-state index is -0.294. The number of aliphatic hydroxyl groups excluding tert-OH is 1. The molecule has 2 amide bonds. The van der Waals surface area contributed by atoms with E-state index in [1.807, 2.05) is 30.5 Å². The molecule has 2 unspecified atom stereocenters. The predicted octanol–water partition coefficient (Wildman–Crippen LogP) is 2.96. The van der Waals surface area contributed by atoms with Crippen molar-refractivity contribution in [1.29, 1.82) is 0 Å². The Morgan fingerprint density at radius 3 is 2.96 bits per heavy atom. The van der Waals surface area contributed by atoms with Crippen LogP contribution in [-0.2, 0) is 11.3 Å². The Morgan fingerprint density at radius 1 is 1.32 bits per heavy atom. The van der Waals surface area contributed by atoms with Crippen LogP contribution in [0.4, 0.5) is 10.5 Å². The summed E-state index contributed by atoms with van der Waals surface area (Å²) in [7, 11) is 1.69. The lowest BCUT2D eigenvalue weighted by Crippen LogP contribution is -2.38. The maximum absolute atomic E-state index is 12.1. The zero-order valence-electron chi connectivity index (χ0n) is 14.7. The SMILES string of the molecule is COCCn1ccc2cc(NC(=O)NCC3CCCCC3O)ccc21. The lowest BCUT2D eigenvalue weighted by atomic mass is 9.86. The molecule has 136 valence electrons. The van der Waals surface area contributed by atoms with Gasteiger partial charge in [-0.3, -0.25) is 0 Å². The van der Waals surface area contributed by atoms with Gasteiger partial charge in [0.05, 0.1) is 12.7 Å². The number of aliphatic hydroxyl groups is 1. The second kappa shape index (κ2) is 8.36. The third-order valence-corrected chi connectivity index (χ3v) is 4.96. The highest BCUT2D eigenvalue weighted by Crippen LogP contribution is 2.24. The first-order chi connectivity index (χ1) is 12.2. The van der Waals surface area contributed by atoms with E-state index >= 15 is 0 Å². The van der Waals surface area contributed by atoms with Crippen LogP contribution in [0.15, 0.2) is 30.5 Å². The number of carbonyl (C=O) groups excluding carboxylic acids is 1. The molecule has 1 saturated carbocycles. The number of urea groups is 1. The number of amides is 2. The Morgan fingerprint density at radius 2 is 2.16 bits per heavy atom. The first-order valence-corrected chi connectivity index (χ1v) is 8.98. The molecule has 2 atom stereocenters. The van der Waals surface area contributed by atoms with E-state index in [2.05, 4.69) is 15.2 Å². The number of ether oxygens (including phenoxy) is 1. The summed E-state index contributed by atoms with van der Waals surface area (Å²) in [5, 5.41) is 16.8. The van der Waals surface area contributed by atoms with Gasteiger partial charge in [-0.15, -0.1) is 0 Å². The molecule has 3 rings (SSSR count). The normalized spacial score (nSPS) is 20.6. The molecule has 3 N–H and O–H groups in total. The van der Waals surface area contributed by atoms with E-state index in [0.29, 0.717) is 13.2 Å². The van der Waals surface area contributed by atoms with Crippen molar-refractivity contribution in [2.75, 3.05) is 25.6 Å². The summed E-state index contributed by atoms with van der Waals surface area (Å²) in [6.45, 7) is 1.98. The van der Waals surface area contributed by atoms with Gasteiger partial charge in [0.1, 0.15) is 0 Å².